The summed E-state index contributed by atoms with van der Waals surface area (Å²) in [7, 11) is 1.81. The van der Waals surface area contributed by atoms with E-state index in [1.54, 1.807) is 29.2 Å². The molecule has 6 heteroatoms. The van der Waals surface area contributed by atoms with Gasteiger partial charge >= 0.3 is 0 Å². The minimum atomic E-state index is -0.291. The van der Waals surface area contributed by atoms with Gasteiger partial charge in [0.2, 0.25) is 0 Å². The quantitative estimate of drug-likeness (QED) is 0.726. The van der Waals surface area contributed by atoms with E-state index >= 15 is 0 Å². The first kappa shape index (κ1) is 12.7. The van der Waals surface area contributed by atoms with Gasteiger partial charge in [-0.3, -0.25) is 4.68 Å². The van der Waals surface area contributed by atoms with Gasteiger partial charge in [0.05, 0.1) is 11.9 Å². The van der Waals surface area contributed by atoms with E-state index in [4.69, 9.17) is 11.6 Å². The van der Waals surface area contributed by atoms with Crippen LogP contribution >= 0.6 is 11.6 Å². The van der Waals surface area contributed by atoms with Crippen molar-refractivity contribution >= 4 is 11.6 Å². The van der Waals surface area contributed by atoms with E-state index in [2.05, 4.69) is 15.1 Å². The number of aryl methyl sites for hydroxylation is 1. The van der Waals surface area contributed by atoms with Crippen molar-refractivity contribution in [3.05, 3.63) is 53.7 Å². The van der Waals surface area contributed by atoms with Crippen molar-refractivity contribution in [1.82, 2.24) is 19.7 Å². The molecular weight excluding hydrogens is 279 g/mol. The Hall–Kier alpha value is -2.27. The molecule has 0 unspecified atom stereocenters. The lowest BCUT2D eigenvalue weighted by Gasteiger charge is -2.04. The fraction of sp³-hybridized carbons (Fsp3) is 0.0714. The lowest BCUT2D eigenvalue weighted by molar-refractivity contribution is 0.628. The number of hydrogen-bond acceptors (Lipinski definition) is 3. The zero-order valence-electron chi connectivity index (χ0n) is 10.6. The number of benzene rings is 1. The van der Waals surface area contributed by atoms with E-state index in [9.17, 15) is 4.39 Å². The summed E-state index contributed by atoms with van der Waals surface area (Å²) in [5.41, 5.74) is 2.55. The normalized spacial score (nSPS) is 10.8. The molecule has 0 spiro atoms. The van der Waals surface area contributed by atoms with Crippen LogP contribution in [0.4, 0.5) is 4.39 Å². The number of rotatable bonds is 2. The SMILES string of the molecule is Cn1ccc(-c2nc(-c3ccc(F)cc3)cnc2Cl)n1. The standard InChI is InChI=1S/C14H10ClFN4/c1-20-7-6-11(19-20)13-14(15)17-8-12(18-13)9-2-4-10(16)5-3-9/h2-8H,1H3. The largest absolute Gasteiger partial charge is 0.275 e. The maximum absolute atomic E-state index is 12.9. The Labute approximate surface area is 119 Å². The van der Waals surface area contributed by atoms with Crippen LogP contribution in [-0.4, -0.2) is 19.7 Å². The maximum Gasteiger partial charge on any atom is 0.157 e. The van der Waals surface area contributed by atoms with Gasteiger partial charge < -0.3 is 0 Å². The summed E-state index contributed by atoms with van der Waals surface area (Å²) in [5.74, 6) is -0.291. The lowest BCUT2D eigenvalue weighted by atomic mass is 10.1. The summed E-state index contributed by atoms with van der Waals surface area (Å²) in [6, 6.07) is 7.87. The molecule has 0 atom stereocenters. The molecule has 2 heterocycles. The molecule has 0 saturated heterocycles. The Morgan fingerprint density at radius 2 is 1.85 bits per heavy atom. The fourth-order valence-electron chi connectivity index (χ4n) is 1.84. The molecule has 0 bridgehead atoms. The molecule has 4 nitrogen and oxygen atoms in total. The molecule has 0 aliphatic rings. The van der Waals surface area contributed by atoms with E-state index in [0.717, 1.165) is 5.56 Å². The van der Waals surface area contributed by atoms with Crippen molar-refractivity contribution in [2.75, 3.05) is 0 Å². The highest BCUT2D eigenvalue weighted by Crippen LogP contribution is 2.26. The Bertz CT molecular complexity index is 752. The van der Waals surface area contributed by atoms with Gasteiger partial charge in [-0.1, -0.05) is 11.6 Å². The van der Waals surface area contributed by atoms with Crippen LogP contribution in [0.15, 0.2) is 42.7 Å². The number of hydrogen-bond donors (Lipinski definition) is 0. The van der Waals surface area contributed by atoms with Crippen LogP contribution in [0.5, 0.6) is 0 Å². The van der Waals surface area contributed by atoms with Crippen molar-refractivity contribution in [3.63, 3.8) is 0 Å². The Morgan fingerprint density at radius 3 is 2.50 bits per heavy atom. The Balaban J connectivity index is 2.08. The molecule has 0 fully saturated rings. The fourth-order valence-corrected chi connectivity index (χ4v) is 2.03. The van der Waals surface area contributed by atoms with Crippen LogP contribution in [0, 0.1) is 5.82 Å². The molecule has 20 heavy (non-hydrogen) atoms. The molecule has 0 aliphatic heterocycles. The molecule has 1 aromatic carbocycles. The summed E-state index contributed by atoms with van der Waals surface area (Å²) in [6.45, 7) is 0. The molecule has 2 aromatic heterocycles. The van der Waals surface area contributed by atoms with Crippen LogP contribution in [0.1, 0.15) is 0 Å². The highest BCUT2D eigenvalue weighted by Gasteiger charge is 2.11. The van der Waals surface area contributed by atoms with Crippen LogP contribution < -0.4 is 0 Å². The second-order valence-corrected chi connectivity index (χ2v) is 4.63. The summed E-state index contributed by atoms with van der Waals surface area (Å²) >= 11 is 6.07. The van der Waals surface area contributed by atoms with Gasteiger partial charge in [-0.2, -0.15) is 5.10 Å². The first-order chi connectivity index (χ1) is 9.63. The third kappa shape index (κ3) is 2.40. The number of halogens is 2. The smallest absolute Gasteiger partial charge is 0.157 e. The van der Waals surface area contributed by atoms with Crippen molar-refractivity contribution in [2.45, 2.75) is 0 Å². The minimum absolute atomic E-state index is 0.287. The maximum atomic E-state index is 12.9. The Kier molecular flexibility index (Phi) is 3.20. The van der Waals surface area contributed by atoms with Crippen LogP contribution in [0.3, 0.4) is 0 Å². The molecule has 0 aliphatic carbocycles. The minimum Gasteiger partial charge on any atom is -0.275 e. The topological polar surface area (TPSA) is 43.6 Å². The van der Waals surface area contributed by atoms with Gasteiger partial charge in [-0.05, 0) is 30.3 Å². The van der Waals surface area contributed by atoms with Gasteiger partial charge in [0, 0.05) is 18.8 Å². The third-order valence-corrected chi connectivity index (χ3v) is 3.10. The average Bonchev–Trinajstić information content (AvgIpc) is 2.87. The zero-order valence-corrected chi connectivity index (χ0v) is 11.3. The van der Waals surface area contributed by atoms with Gasteiger partial charge in [-0.25, -0.2) is 14.4 Å². The third-order valence-electron chi connectivity index (χ3n) is 2.82. The van der Waals surface area contributed by atoms with Crippen molar-refractivity contribution in [1.29, 1.82) is 0 Å². The lowest BCUT2D eigenvalue weighted by Crippen LogP contribution is -1.94. The van der Waals surface area contributed by atoms with Gasteiger partial charge in [-0.15, -0.1) is 0 Å². The highest BCUT2D eigenvalue weighted by atomic mass is 35.5. The average molecular weight is 289 g/mol. The first-order valence-corrected chi connectivity index (χ1v) is 6.30. The molecule has 3 aromatic rings. The Morgan fingerprint density at radius 1 is 1.10 bits per heavy atom. The molecule has 0 radical (unpaired) electrons. The van der Waals surface area contributed by atoms with Gasteiger partial charge in [0.25, 0.3) is 0 Å². The molecule has 0 N–H and O–H groups in total. The van der Waals surface area contributed by atoms with E-state index in [1.807, 2.05) is 13.1 Å². The van der Waals surface area contributed by atoms with Crippen LogP contribution in [0.25, 0.3) is 22.6 Å². The summed E-state index contributed by atoms with van der Waals surface area (Å²) in [5, 5.41) is 4.55. The van der Waals surface area contributed by atoms with Gasteiger partial charge in [0.1, 0.15) is 17.2 Å². The highest BCUT2D eigenvalue weighted by molar-refractivity contribution is 6.31. The molecular formula is C14H10ClFN4. The summed E-state index contributed by atoms with van der Waals surface area (Å²) in [4.78, 5) is 8.59. The molecule has 3 rings (SSSR count). The molecule has 100 valence electrons. The monoisotopic (exact) mass is 288 g/mol. The second-order valence-electron chi connectivity index (χ2n) is 4.28. The van der Waals surface area contributed by atoms with Crippen LogP contribution in [0.2, 0.25) is 5.15 Å². The predicted octanol–water partition coefficient (Wildman–Crippen LogP) is 3.34. The van der Waals surface area contributed by atoms with E-state index in [0.29, 0.717) is 17.1 Å². The van der Waals surface area contributed by atoms with Gasteiger partial charge in [0.15, 0.2) is 5.15 Å². The number of aromatic nitrogens is 4. The summed E-state index contributed by atoms with van der Waals surface area (Å²) in [6.07, 6.45) is 3.36. The second kappa shape index (κ2) is 5.02. The van der Waals surface area contributed by atoms with E-state index < -0.39 is 0 Å². The predicted molar refractivity (Wildman–Crippen MR) is 74.6 cm³/mol. The molecule has 0 saturated carbocycles. The summed E-state index contributed by atoms with van der Waals surface area (Å²) < 4.78 is 14.6. The van der Waals surface area contributed by atoms with E-state index in [1.165, 1.54) is 12.1 Å². The van der Waals surface area contributed by atoms with Crippen molar-refractivity contribution < 1.29 is 4.39 Å². The van der Waals surface area contributed by atoms with E-state index in [-0.39, 0.29) is 11.0 Å². The number of nitrogens with zero attached hydrogens (tertiary/aromatic N) is 4. The van der Waals surface area contributed by atoms with Crippen molar-refractivity contribution in [2.24, 2.45) is 7.05 Å². The first-order valence-electron chi connectivity index (χ1n) is 5.92. The van der Waals surface area contributed by atoms with Crippen molar-refractivity contribution in [3.8, 4) is 22.6 Å². The zero-order chi connectivity index (χ0) is 14.1. The molecule has 0 amide bonds. The van der Waals surface area contributed by atoms with Crippen LogP contribution in [-0.2, 0) is 7.05 Å².